The molecule has 1 aromatic rings. The van der Waals surface area contributed by atoms with Gasteiger partial charge in [0.05, 0.1) is 11.5 Å². The molecule has 2 rings (SSSR count). The monoisotopic (exact) mass is 303 g/mol. The molecule has 106 valence electrons. The Morgan fingerprint density at radius 3 is 2.84 bits per heavy atom. The van der Waals surface area contributed by atoms with Crippen molar-refractivity contribution >= 4 is 21.6 Å². The maximum atomic E-state index is 12.6. The summed E-state index contributed by atoms with van der Waals surface area (Å²) in [6, 6.07) is 6.90. The van der Waals surface area contributed by atoms with Crippen molar-refractivity contribution in [3.63, 3.8) is 0 Å². The van der Waals surface area contributed by atoms with Gasteiger partial charge in [0.1, 0.15) is 0 Å². The first kappa shape index (κ1) is 14.8. The Kier molecular flexibility index (Phi) is 4.84. The van der Waals surface area contributed by atoms with Gasteiger partial charge in [0.2, 0.25) is 10.0 Å². The first-order valence-corrected chi connectivity index (χ1v) is 8.20. The van der Waals surface area contributed by atoms with E-state index in [-0.39, 0.29) is 11.8 Å². The van der Waals surface area contributed by atoms with Gasteiger partial charge in [-0.15, -0.1) is 11.6 Å². The molecule has 0 bridgehead atoms. The fourth-order valence-corrected chi connectivity index (χ4v) is 4.46. The molecule has 1 aliphatic heterocycles. The Balaban J connectivity index is 2.24. The second kappa shape index (κ2) is 6.22. The predicted octanol–water partition coefficient (Wildman–Crippen LogP) is 2.08. The van der Waals surface area contributed by atoms with Crippen molar-refractivity contribution in [2.24, 2.45) is 5.92 Å². The van der Waals surface area contributed by atoms with Gasteiger partial charge in [-0.1, -0.05) is 18.2 Å². The van der Waals surface area contributed by atoms with Crippen LogP contribution in [-0.4, -0.2) is 39.5 Å². The van der Waals surface area contributed by atoms with Crippen molar-refractivity contribution in [3.05, 3.63) is 29.8 Å². The molecule has 1 aromatic carbocycles. The Morgan fingerprint density at radius 1 is 1.42 bits per heavy atom. The first-order chi connectivity index (χ1) is 9.09. The second-order valence-corrected chi connectivity index (χ2v) is 6.89. The van der Waals surface area contributed by atoms with Gasteiger partial charge in [-0.2, -0.15) is 4.31 Å². The van der Waals surface area contributed by atoms with E-state index in [2.05, 4.69) is 0 Å². The molecule has 1 fully saturated rings. The molecule has 0 amide bonds. The number of hydrogen-bond acceptors (Lipinski definition) is 3. The largest absolute Gasteiger partial charge is 0.384 e. The standard InChI is InChI=1S/C13H18ClNO3S/c1-18-10-11-6-7-15(9-11)19(16,17)13-5-3-2-4-12(13)8-14/h2-5,11H,6-10H2,1H3. The summed E-state index contributed by atoms with van der Waals surface area (Å²) in [4.78, 5) is 0.322. The SMILES string of the molecule is COCC1CCN(S(=O)(=O)c2ccccc2CCl)C1. The Hall–Kier alpha value is -0.620. The Morgan fingerprint density at radius 2 is 2.16 bits per heavy atom. The van der Waals surface area contributed by atoms with Crippen molar-refractivity contribution in [2.45, 2.75) is 17.2 Å². The first-order valence-electron chi connectivity index (χ1n) is 6.22. The van der Waals surface area contributed by atoms with E-state index in [4.69, 9.17) is 16.3 Å². The van der Waals surface area contributed by atoms with E-state index in [0.717, 1.165) is 6.42 Å². The van der Waals surface area contributed by atoms with E-state index >= 15 is 0 Å². The van der Waals surface area contributed by atoms with Crippen molar-refractivity contribution < 1.29 is 13.2 Å². The number of methoxy groups -OCH3 is 1. The zero-order chi connectivity index (χ0) is 13.9. The number of hydrogen-bond donors (Lipinski definition) is 0. The van der Waals surface area contributed by atoms with E-state index in [0.29, 0.717) is 30.2 Å². The normalized spacial score (nSPS) is 20.8. The topological polar surface area (TPSA) is 46.6 Å². The molecule has 1 atom stereocenters. The summed E-state index contributed by atoms with van der Waals surface area (Å²) < 4.78 is 31.8. The van der Waals surface area contributed by atoms with E-state index in [1.165, 1.54) is 4.31 Å². The third-order valence-electron chi connectivity index (χ3n) is 3.39. The third-order valence-corrected chi connectivity index (χ3v) is 5.64. The van der Waals surface area contributed by atoms with Crippen LogP contribution in [0.5, 0.6) is 0 Å². The number of rotatable bonds is 5. The second-order valence-electron chi connectivity index (χ2n) is 4.71. The smallest absolute Gasteiger partial charge is 0.243 e. The van der Waals surface area contributed by atoms with Crippen molar-refractivity contribution in [1.82, 2.24) is 4.31 Å². The lowest BCUT2D eigenvalue weighted by Gasteiger charge is -2.18. The van der Waals surface area contributed by atoms with E-state index in [1.54, 1.807) is 31.4 Å². The van der Waals surface area contributed by atoms with Crippen LogP contribution in [0.1, 0.15) is 12.0 Å². The molecule has 1 aliphatic rings. The van der Waals surface area contributed by atoms with Crippen LogP contribution in [0, 0.1) is 5.92 Å². The van der Waals surface area contributed by atoms with E-state index in [1.807, 2.05) is 0 Å². The summed E-state index contributed by atoms with van der Waals surface area (Å²) in [6.07, 6.45) is 0.843. The molecule has 1 saturated heterocycles. The van der Waals surface area contributed by atoms with Gasteiger partial charge < -0.3 is 4.74 Å². The van der Waals surface area contributed by atoms with Gasteiger partial charge in [-0.25, -0.2) is 8.42 Å². The molecule has 0 N–H and O–H groups in total. The predicted molar refractivity (Wildman–Crippen MR) is 74.7 cm³/mol. The number of nitrogens with zero attached hydrogens (tertiary/aromatic N) is 1. The van der Waals surface area contributed by atoms with Gasteiger partial charge in [0.15, 0.2) is 0 Å². The van der Waals surface area contributed by atoms with Crippen LogP contribution in [0.25, 0.3) is 0 Å². The van der Waals surface area contributed by atoms with Gasteiger partial charge >= 0.3 is 0 Å². The van der Waals surface area contributed by atoms with Crippen LogP contribution >= 0.6 is 11.6 Å². The van der Waals surface area contributed by atoms with Gasteiger partial charge in [-0.3, -0.25) is 0 Å². The van der Waals surface area contributed by atoms with Crippen LogP contribution in [0.4, 0.5) is 0 Å². The number of benzene rings is 1. The lowest BCUT2D eigenvalue weighted by molar-refractivity contribution is 0.157. The van der Waals surface area contributed by atoms with Crippen molar-refractivity contribution in [3.8, 4) is 0 Å². The lowest BCUT2D eigenvalue weighted by atomic mass is 10.1. The van der Waals surface area contributed by atoms with Crippen LogP contribution < -0.4 is 0 Å². The molecular weight excluding hydrogens is 286 g/mol. The van der Waals surface area contributed by atoms with Crippen molar-refractivity contribution in [2.75, 3.05) is 26.8 Å². The fraction of sp³-hybridized carbons (Fsp3) is 0.538. The number of alkyl halides is 1. The highest BCUT2D eigenvalue weighted by Crippen LogP contribution is 2.27. The Labute approximate surface area is 119 Å². The molecule has 1 unspecified atom stereocenters. The van der Waals surface area contributed by atoms with Crippen LogP contribution in [0.3, 0.4) is 0 Å². The minimum atomic E-state index is -3.44. The molecule has 0 aliphatic carbocycles. The maximum Gasteiger partial charge on any atom is 0.243 e. The summed E-state index contributed by atoms with van der Waals surface area (Å²) in [7, 11) is -1.80. The zero-order valence-corrected chi connectivity index (χ0v) is 12.5. The average Bonchev–Trinajstić information content (AvgIpc) is 2.88. The molecular formula is C13H18ClNO3S. The minimum Gasteiger partial charge on any atom is -0.384 e. The average molecular weight is 304 g/mol. The molecule has 0 aromatic heterocycles. The van der Waals surface area contributed by atoms with Crippen LogP contribution in [-0.2, 0) is 20.6 Å². The number of sulfonamides is 1. The summed E-state index contributed by atoms with van der Waals surface area (Å²) in [5.41, 5.74) is 0.652. The highest BCUT2D eigenvalue weighted by atomic mass is 35.5. The molecule has 19 heavy (non-hydrogen) atoms. The molecule has 1 heterocycles. The maximum absolute atomic E-state index is 12.6. The van der Waals surface area contributed by atoms with Gasteiger partial charge in [-0.05, 0) is 24.0 Å². The molecule has 6 heteroatoms. The molecule has 0 saturated carbocycles. The molecule has 0 spiro atoms. The van der Waals surface area contributed by atoms with Gasteiger partial charge in [0.25, 0.3) is 0 Å². The number of ether oxygens (including phenoxy) is 1. The zero-order valence-electron chi connectivity index (χ0n) is 10.9. The number of halogens is 1. The molecule has 4 nitrogen and oxygen atoms in total. The lowest BCUT2D eigenvalue weighted by Crippen LogP contribution is -2.30. The van der Waals surface area contributed by atoms with E-state index < -0.39 is 10.0 Å². The van der Waals surface area contributed by atoms with Gasteiger partial charge in [0, 0.05) is 26.1 Å². The fourth-order valence-electron chi connectivity index (χ4n) is 2.39. The summed E-state index contributed by atoms with van der Waals surface area (Å²) >= 11 is 5.82. The summed E-state index contributed by atoms with van der Waals surface area (Å²) in [5, 5.41) is 0. The van der Waals surface area contributed by atoms with Crippen LogP contribution in [0.15, 0.2) is 29.2 Å². The quantitative estimate of drug-likeness (QED) is 0.783. The molecule has 0 radical (unpaired) electrons. The van der Waals surface area contributed by atoms with Crippen molar-refractivity contribution in [1.29, 1.82) is 0 Å². The highest BCUT2D eigenvalue weighted by molar-refractivity contribution is 7.89. The summed E-state index contributed by atoms with van der Waals surface area (Å²) in [6.45, 7) is 1.67. The summed E-state index contributed by atoms with van der Waals surface area (Å²) in [5.74, 6) is 0.480. The van der Waals surface area contributed by atoms with E-state index in [9.17, 15) is 8.42 Å². The Bertz CT molecular complexity index is 532. The third kappa shape index (κ3) is 3.11. The highest BCUT2D eigenvalue weighted by Gasteiger charge is 2.33. The van der Waals surface area contributed by atoms with Crippen LogP contribution in [0.2, 0.25) is 0 Å². The minimum absolute atomic E-state index is 0.199.